The van der Waals surface area contributed by atoms with Gasteiger partial charge in [-0.15, -0.1) is 0 Å². The summed E-state index contributed by atoms with van der Waals surface area (Å²) in [6.07, 6.45) is 0. The molecule has 24 heavy (non-hydrogen) atoms. The van der Waals surface area contributed by atoms with E-state index in [4.69, 9.17) is 9.26 Å². The van der Waals surface area contributed by atoms with Crippen LogP contribution in [-0.2, 0) is 4.52 Å². The maximum Gasteiger partial charge on any atom is 1.00 e. The minimum atomic E-state index is 0. The molecule has 0 saturated carbocycles. The van der Waals surface area contributed by atoms with Gasteiger partial charge < -0.3 is 10.7 Å². The van der Waals surface area contributed by atoms with Crippen molar-refractivity contribution in [2.45, 2.75) is 27.7 Å². The molecule has 0 heterocycles. The van der Waals surface area contributed by atoms with E-state index in [1.165, 1.54) is 5.56 Å². The topological polar surface area (TPSA) is 35.5 Å². The number of hydrogen-bond donors (Lipinski definition) is 0. The van der Waals surface area contributed by atoms with Crippen molar-refractivity contribution < 1.29 is 34.3 Å². The molecular weight excluding hydrogens is 314 g/mol. The second-order valence-corrected chi connectivity index (χ2v) is 6.62. The van der Waals surface area contributed by atoms with Crippen LogP contribution in [0.3, 0.4) is 0 Å². The van der Waals surface area contributed by atoms with Crippen molar-refractivity contribution in [1.82, 2.24) is 0 Å². The Labute approximate surface area is 159 Å². The van der Waals surface area contributed by atoms with Crippen LogP contribution in [0.15, 0.2) is 36.4 Å². The summed E-state index contributed by atoms with van der Waals surface area (Å²) in [6, 6.07) is 11.8. The van der Waals surface area contributed by atoms with Crippen LogP contribution >= 0.6 is 8.81 Å². The molecule has 1 atom stereocenters. The van der Waals surface area contributed by atoms with Crippen molar-refractivity contribution in [1.29, 1.82) is 0 Å². The van der Waals surface area contributed by atoms with E-state index >= 15 is 0 Å². The molecule has 0 aliphatic carbocycles. The summed E-state index contributed by atoms with van der Waals surface area (Å²) in [4.78, 5) is 12.4. The fraction of sp³-hybridized carbons (Fsp3) is 0.316. The quantitative estimate of drug-likeness (QED) is 0.433. The molecule has 0 N–H and O–H groups in total. The minimum absolute atomic E-state index is 0. The third-order valence-corrected chi connectivity index (χ3v) is 4.52. The summed E-state index contributed by atoms with van der Waals surface area (Å²) in [5, 5.41) is 1.12. The Kier molecular flexibility index (Phi) is 8.74. The second-order valence-electron chi connectivity index (χ2n) is 5.55. The van der Waals surface area contributed by atoms with Crippen LogP contribution in [-0.4, -0.2) is 19.0 Å². The van der Waals surface area contributed by atoms with Crippen LogP contribution in [0.1, 0.15) is 35.4 Å². The van der Waals surface area contributed by atoms with Crippen LogP contribution in [0.2, 0.25) is 0 Å². The van der Waals surface area contributed by atoms with Gasteiger partial charge in [-0.05, 0) is 68.4 Å². The van der Waals surface area contributed by atoms with Crippen LogP contribution < -0.4 is 28.9 Å². The molecule has 0 radical (unpaired) electrons. The third kappa shape index (κ3) is 5.76. The number of hydrogen-bond acceptors (Lipinski definition) is 3. The van der Waals surface area contributed by atoms with Gasteiger partial charge in [-0.1, -0.05) is 17.7 Å². The Morgan fingerprint density at radius 2 is 1.67 bits per heavy atom. The predicted octanol–water partition coefficient (Wildman–Crippen LogP) is 1.25. The van der Waals surface area contributed by atoms with E-state index in [0.29, 0.717) is 21.2 Å². The molecule has 0 bridgehead atoms. The minimum Gasteiger partial charge on any atom is -1.00 e. The summed E-state index contributed by atoms with van der Waals surface area (Å²) < 4.78 is 11.0. The fourth-order valence-electron chi connectivity index (χ4n) is 2.62. The maximum atomic E-state index is 12.4. The first-order valence-electron chi connectivity index (χ1n) is 7.73. The van der Waals surface area contributed by atoms with Gasteiger partial charge in [-0.3, -0.25) is 4.79 Å². The van der Waals surface area contributed by atoms with Gasteiger partial charge in [0.2, 0.25) is 5.78 Å². The van der Waals surface area contributed by atoms with Gasteiger partial charge >= 0.3 is 18.9 Å². The fourth-order valence-corrected chi connectivity index (χ4v) is 3.23. The molecule has 0 saturated heterocycles. The molecule has 0 aliphatic rings. The van der Waals surface area contributed by atoms with Crippen molar-refractivity contribution >= 4 is 19.9 Å². The monoisotopic (exact) mass is 338 g/mol. The van der Waals surface area contributed by atoms with Gasteiger partial charge in [0.05, 0.1) is 0 Å². The van der Waals surface area contributed by atoms with E-state index < -0.39 is 0 Å². The van der Waals surface area contributed by atoms with E-state index in [2.05, 4.69) is 0 Å². The third-order valence-electron chi connectivity index (χ3n) is 3.51. The number of aryl methyl sites for hydroxylation is 3. The number of ketones is 1. The van der Waals surface area contributed by atoms with Crippen molar-refractivity contribution in [3.63, 3.8) is 0 Å². The van der Waals surface area contributed by atoms with E-state index in [9.17, 15) is 4.79 Å². The first kappa shape index (κ1) is 20.9. The smallest absolute Gasteiger partial charge is 1.00 e. The molecule has 0 fully saturated rings. The number of benzene rings is 2. The van der Waals surface area contributed by atoms with Gasteiger partial charge in [-0.2, -0.15) is 0 Å². The standard InChI is InChI=1S/C19H23O3P.Li.H/c1-5-22-23-17-8-6-16(7-9-17)21-12-18(20)19-14(3)10-13(2)11-15(19)4;;/h6-11,23H,5,12H2,1-4H3;;/q;+1;-1. The second kappa shape index (κ2) is 10.0. The Morgan fingerprint density at radius 3 is 2.21 bits per heavy atom. The molecule has 124 valence electrons. The van der Waals surface area contributed by atoms with E-state index in [1.807, 2.05) is 64.1 Å². The van der Waals surface area contributed by atoms with Gasteiger partial charge in [0.25, 0.3) is 0 Å². The Balaban J connectivity index is 0.00000288. The van der Waals surface area contributed by atoms with Crippen molar-refractivity contribution in [3.05, 3.63) is 58.7 Å². The molecule has 0 amide bonds. The normalized spacial score (nSPS) is 10.7. The number of carbonyl (C=O) groups excluding carboxylic acids is 1. The zero-order valence-electron chi connectivity index (χ0n) is 16.1. The van der Waals surface area contributed by atoms with Gasteiger partial charge in [0.1, 0.15) is 5.75 Å². The number of Topliss-reactive ketones (excluding diaryl/α,β-unsaturated/α-hetero) is 1. The molecule has 1 unspecified atom stereocenters. The molecule has 2 aromatic rings. The van der Waals surface area contributed by atoms with Crippen molar-refractivity contribution in [2.75, 3.05) is 13.2 Å². The maximum absolute atomic E-state index is 12.4. The number of rotatable bonds is 7. The first-order chi connectivity index (χ1) is 11.0. The van der Waals surface area contributed by atoms with Crippen molar-refractivity contribution in [2.24, 2.45) is 0 Å². The van der Waals surface area contributed by atoms with Crippen LogP contribution in [0, 0.1) is 20.8 Å². The molecule has 5 heteroatoms. The van der Waals surface area contributed by atoms with Gasteiger partial charge in [0.15, 0.2) is 6.61 Å². The van der Waals surface area contributed by atoms with Gasteiger partial charge in [0, 0.05) is 21.0 Å². The molecular formula is C19H24LiO3P. The average molecular weight is 338 g/mol. The zero-order chi connectivity index (χ0) is 16.8. The van der Waals surface area contributed by atoms with E-state index in [-0.39, 0.29) is 32.7 Å². The van der Waals surface area contributed by atoms with Crippen molar-refractivity contribution in [3.8, 4) is 5.75 Å². The van der Waals surface area contributed by atoms with Crippen LogP contribution in [0.25, 0.3) is 0 Å². The summed E-state index contributed by atoms with van der Waals surface area (Å²) in [6.45, 7) is 8.71. The predicted molar refractivity (Wildman–Crippen MR) is 97.6 cm³/mol. The molecule has 0 spiro atoms. The molecule has 0 aliphatic heterocycles. The molecule has 0 aromatic heterocycles. The average Bonchev–Trinajstić information content (AvgIpc) is 2.51. The van der Waals surface area contributed by atoms with E-state index in [0.717, 1.165) is 22.0 Å². The summed E-state index contributed by atoms with van der Waals surface area (Å²) in [7, 11) is 0.349. The largest absolute Gasteiger partial charge is 1.00 e. The van der Waals surface area contributed by atoms with Gasteiger partial charge in [-0.25, -0.2) is 0 Å². The van der Waals surface area contributed by atoms with Crippen LogP contribution in [0.4, 0.5) is 0 Å². The Hall–Kier alpha value is -1.10. The number of ether oxygens (including phenoxy) is 1. The first-order valence-corrected chi connectivity index (χ1v) is 8.63. The molecule has 2 rings (SSSR count). The van der Waals surface area contributed by atoms with Crippen LogP contribution in [0.5, 0.6) is 5.75 Å². The molecule has 3 nitrogen and oxygen atoms in total. The van der Waals surface area contributed by atoms with E-state index in [1.54, 1.807) is 0 Å². The summed E-state index contributed by atoms with van der Waals surface area (Å²) in [5.74, 6) is 0.714. The number of carbonyl (C=O) groups is 1. The SMILES string of the molecule is CCOPc1ccc(OCC(=O)c2c(C)cc(C)cc2C)cc1.[H-].[Li+]. The Morgan fingerprint density at radius 1 is 1.08 bits per heavy atom. The zero-order valence-corrected chi connectivity index (χ0v) is 16.1. The summed E-state index contributed by atoms with van der Waals surface area (Å²) >= 11 is 0. The summed E-state index contributed by atoms with van der Waals surface area (Å²) in [5.41, 5.74) is 3.95. The Bertz CT molecular complexity index is 667. The molecule has 2 aromatic carbocycles.